The van der Waals surface area contributed by atoms with Crippen LogP contribution in [0.3, 0.4) is 0 Å². The van der Waals surface area contributed by atoms with Crippen LogP contribution in [0.15, 0.2) is 164 Å². The Morgan fingerprint density at radius 1 is 0.436 bits per heavy atom. The molecule has 0 fully saturated rings. The molecule has 0 unspecified atom stereocenters. The van der Waals surface area contributed by atoms with Crippen molar-refractivity contribution >= 4 is 43.6 Å². The molecule has 0 aliphatic rings. The lowest BCUT2D eigenvalue weighted by Gasteiger charge is -2.13. The van der Waals surface area contributed by atoms with Gasteiger partial charge in [-0.05, 0) is 72.8 Å². The van der Waals surface area contributed by atoms with Crippen LogP contribution in [0.25, 0.3) is 66.6 Å². The molecule has 0 aliphatic carbocycles. The lowest BCUT2D eigenvalue weighted by molar-refractivity contribution is 0.150. The molecule has 8 nitrogen and oxygen atoms in total. The van der Waals surface area contributed by atoms with Crippen molar-refractivity contribution in [1.82, 2.24) is 29.1 Å². The molecule has 10 rings (SSSR count). The van der Waals surface area contributed by atoms with Crippen molar-refractivity contribution in [2.75, 3.05) is 0 Å². The molecule has 5 aromatic heterocycles. The van der Waals surface area contributed by atoms with Crippen LogP contribution in [0.5, 0.6) is 23.0 Å². The summed E-state index contributed by atoms with van der Waals surface area (Å²) in [7, 11) is 0. The summed E-state index contributed by atoms with van der Waals surface area (Å²) in [5.41, 5.74) is 4.16. The van der Waals surface area contributed by atoms with E-state index in [9.17, 15) is 8.78 Å². The maximum atomic E-state index is 13.4. The summed E-state index contributed by atoms with van der Waals surface area (Å²) < 4.78 is 44.2. The highest BCUT2D eigenvalue weighted by Crippen LogP contribution is 2.39. The Balaban J connectivity index is 1.08. The molecule has 0 saturated heterocycles. The second kappa shape index (κ2) is 13.2. The fourth-order valence-corrected chi connectivity index (χ4v) is 7.18. The van der Waals surface area contributed by atoms with Gasteiger partial charge in [0.25, 0.3) is 6.43 Å². The summed E-state index contributed by atoms with van der Waals surface area (Å²) in [5.74, 6) is 3.85. The van der Waals surface area contributed by atoms with Crippen molar-refractivity contribution in [2.24, 2.45) is 0 Å². The monoisotopic (exact) mass is 722 g/mol. The first-order chi connectivity index (χ1) is 27.1. The molecule has 10 aromatic rings. The molecule has 5 aromatic carbocycles. The zero-order chi connectivity index (χ0) is 36.9. The molecule has 5 heterocycles. The molecule has 55 heavy (non-hydrogen) atoms. The van der Waals surface area contributed by atoms with Crippen molar-refractivity contribution in [3.05, 3.63) is 170 Å². The van der Waals surface area contributed by atoms with Crippen molar-refractivity contribution in [2.45, 2.75) is 6.43 Å². The number of pyridine rings is 2. The zero-order valence-corrected chi connectivity index (χ0v) is 28.9. The van der Waals surface area contributed by atoms with Crippen molar-refractivity contribution < 1.29 is 18.3 Å². The Kier molecular flexibility index (Phi) is 7.73. The number of rotatable bonds is 8. The van der Waals surface area contributed by atoms with Crippen LogP contribution >= 0.6 is 0 Å². The number of ether oxygens (including phenoxy) is 2. The highest BCUT2D eigenvalue weighted by Gasteiger charge is 2.17. The lowest BCUT2D eigenvalue weighted by atomic mass is 10.1. The third-order valence-electron chi connectivity index (χ3n) is 9.58. The van der Waals surface area contributed by atoms with Crippen molar-refractivity contribution in [3.63, 3.8) is 0 Å². The Morgan fingerprint density at radius 3 is 1.38 bits per heavy atom. The van der Waals surface area contributed by atoms with Crippen molar-refractivity contribution in [1.29, 1.82) is 0 Å². The Bertz CT molecular complexity index is 2840. The largest absolute Gasteiger partial charge is 0.457 e. The first-order valence-corrected chi connectivity index (χ1v) is 17.6. The first kappa shape index (κ1) is 32.2. The van der Waals surface area contributed by atoms with E-state index in [1.165, 1.54) is 0 Å². The third-order valence-corrected chi connectivity index (χ3v) is 9.58. The molecule has 0 aliphatic heterocycles. The predicted molar refractivity (Wildman–Crippen MR) is 210 cm³/mol. The maximum absolute atomic E-state index is 13.4. The molecular weight excluding hydrogens is 695 g/mol. The highest BCUT2D eigenvalue weighted by molar-refractivity contribution is 6.10. The van der Waals surface area contributed by atoms with Gasteiger partial charge in [0.2, 0.25) is 0 Å². The Hall–Kier alpha value is -7.46. The number of halogens is 2. The number of alkyl halides is 2. The van der Waals surface area contributed by atoms with Gasteiger partial charge in [-0.25, -0.2) is 28.7 Å². The SMILES string of the molecule is FC(F)c1cnc(-c2cc(Oc3ccc4c5ccccc5n(-c5ccccn5)c4c3)cc(Oc3ccc4c5ccccc5n(-c5ccccn5)c4c3)c2)nc1. The van der Waals surface area contributed by atoms with Gasteiger partial charge in [-0.1, -0.05) is 48.5 Å². The highest BCUT2D eigenvalue weighted by atomic mass is 19.3. The number of aromatic nitrogens is 6. The summed E-state index contributed by atoms with van der Waals surface area (Å²) >= 11 is 0. The van der Waals surface area contributed by atoms with Crippen molar-refractivity contribution in [3.8, 4) is 46.0 Å². The van der Waals surface area contributed by atoms with Crippen LogP contribution in [-0.4, -0.2) is 29.1 Å². The number of hydrogen-bond donors (Lipinski definition) is 0. The summed E-state index contributed by atoms with van der Waals surface area (Å²) in [4.78, 5) is 17.8. The summed E-state index contributed by atoms with van der Waals surface area (Å²) in [6, 6.07) is 45.2. The first-order valence-electron chi connectivity index (χ1n) is 17.6. The molecule has 0 radical (unpaired) electrons. The van der Waals surface area contributed by atoms with Gasteiger partial charge < -0.3 is 9.47 Å². The van der Waals surface area contributed by atoms with Gasteiger partial charge in [0.05, 0.1) is 27.6 Å². The minimum atomic E-state index is -2.68. The van der Waals surface area contributed by atoms with E-state index >= 15 is 0 Å². The van der Waals surface area contributed by atoms with E-state index in [1.807, 2.05) is 97.1 Å². The fraction of sp³-hybridized carbons (Fsp3) is 0.0222. The number of benzene rings is 5. The Morgan fingerprint density at radius 2 is 0.909 bits per heavy atom. The summed E-state index contributed by atoms with van der Waals surface area (Å²) in [6.45, 7) is 0. The van der Waals surface area contributed by atoms with Gasteiger partial charge in [-0.2, -0.15) is 0 Å². The topological polar surface area (TPSA) is 79.9 Å². The van der Waals surface area contributed by atoms with E-state index < -0.39 is 6.43 Å². The summed E-state index contributed by atoms with van der Waals surface area (Å²) in [6.07, 6.45) is 3.13. The molecule has 0 bridgehead atoms. The molecule has 0 N–H and O–H groups in total. The van der Waals surface area contributed by atoms with E-state index in [-0.39, 0.29) is 11.4 Å². The quantitative estimate of drug-likeness (QED) is 0.155. The minimum Gasteiger partial charge on any atom is -0.457 e. The Labute approximate surface area is 312 Å². The van der Waals surface area contributed by atoms with Crippen LogP contribution < -0.4 is 9.47 Å². The van der Waals surface area contributed by atoms with Crippen LogP contribution in [-0.2, 0) is 0 Å². The van der Waals surface area contributed by atoms with E-state index in [2.05, 4.69) is 53.3 Å². The molecule has 0 atom stereocenters. The van der Waals surface area contributed by atoms with Crippen LogP contribution in [0.4, 0.5) is 8.78 Å². The van der Waals surface area contributed by atoms with Crippen LogP contribution in [0.1, 0.15) is 12.0 Å². The average molecular weight is 723 g/mol. The van der Waals surface area contributed by atoms with Gasteiger partial charge in [-0.15, -0.1) is 0 Å². The third kappa shape index (κ3) is 5.77. The average Bonchev–Trinajstić information content (AvgIpc) is 3.73. The normalized spacial score (nSPS) is 11.6. The lowest BCUT2D eigenvalue weighted by Crippen LogP contribution is -1.97. The van der Waals surface area contributed by atoms with E-state index in [1.54, 1.807) is 30.6 Å². The number of para-hydroxylation sites is 2. The zero-order valence-electron chi connectivity index (χ0n) is 28.9. The molecule has 0 amide bonds. The smallest absolute Gasteiger partial charge is 0.266 e. The second-order valence-corrected chi connectivity index (χ2v) is 13.0. The predicted octanol–water partition coefficient (Wildman–Crippen LogP) is 11.6. The minimum absolute atomic E-state index is 0.246. The van der Waals surface area contributed by atoms with E-state index in [0.717, 1.165) is 67.6 Å². The van der Waals surface area contributed by atoms with Gasteiger partial charge in [-0.3, -0.25) is 9.13 Å². The van der Waals surface area contributed by atoms with E-state index in [4.69, 9.17) is 9.47 Å². The number of fused-ring (bicyclic) bond motifs is 6. The van der Waals surface area contributed by atoms with Crippen LogP contribution in [0.2, 0.25) is 0 Å². The van der Waals surface area contributed by atoms with Gasteiger partial charge >= 0.3 is 0 Å². The van der Waals surface area contributed by atoms with Crippen LogP contribution in [0, 0.1) is 0 Å². The number of hydrogen-bond acceptors (Lipinski definition) is 6. The molecule has 0 saturated carbocycles. The van der Waals surface area contributed by atoms with Gasteiger partial charge in [0.15, 0.2) is 5.82 Å². The number of nitrogens with zero attached hydrogens (tertiary/aromatic N) is 6. The molecular formula is C45H28F2N6O2. The molecule has 10 heteroatoms. The molecule has 0 spiro atoms. The van der Waals surface area contributed by atoms with Gasteiger partial charge in [0.1, 0.15) is 34.6 Å². The standard InChI is InChI=1S/C45H28F2N6O2/c46-44(47)29-26-50-45(51-27-29)28-21-32(54-30-15-17-36-34-9-1-3-11-38(34)52(40(36)24-30)42-13-5-7-19-48-42)23-33(22-28)55-31-16-18-37-35-10-2-4-12-39(35)53(41(37)25-31)43-14-6-8-20-49-43/h1-27,44H. The second-order valence-electron chi connectivity index (χ2n) is 13.0. The summed E-state index contributed by atoms with van der Waals surface area (Å²) in [5, 5.41) is 4.29. The van der Waals surface area contributed by atoms with E-state index in [0.29, 0.717) is 28.6 Å². The fourth-order valence-electron chi connectivity index (χ4n) is 7.18. The maximum Gasteiger partial charge on any atom is 0.266 e. The van der Waals surface area contributed by atoms with Gasteiger partial charge in [0, 0.05) is 70.1 Å². The molecule has 264 valence electrons.